The van der Waals surface area contributed by atoms with E-state index in [-0.39, 0.29) is 12.5 Å². The van der Waals surface area contributed by atoms with Crippen molar-refractivity contribution in [1.29, 1.82) is 0 Å². The lowest BCUT2D eigenvalue weighted by Crippen LogP contribution is -2.35. The summed E-state index contributed by atoms with van der Waals surface area (Å²) in [4.78, 5) is 18.1. The average Bonchev–Trinajstić information content (AvgIpc) is 2.89. The number of ether oxygens (including phenoxy) is 1. The molecular weight excluding hydrogens is 307 g/mol. The maximum atomic E-state index is 13.9. The van der Waals surface area contributed by atoms with Crippen molar-refractivity contribution < 1.29 is 13.9 Å². The van der Waals surface area contributed by atoms with Crippen molar-refractivity contribution in [1.82, 2.24) is 9.88 Å². The van der Waals surface area contributed by atoms with Crippen molar-refractivity contribution in [2.24, 2.45) is 0 Å². The van der Waals surface area contributed by atoms with Gasteiger partial charge < -0.3 is 9.64 Å². The second-order valence-corrected chi connectivity index (χ2v) is 6.00. The van der Waals surface area contributed by atoms with Gasteiger partial charge in [0, 0.05) is 37.1 Å². The number of halogens is 1. The Morgan fingerprint density at radius 2 is 1.92 bits per heavy atom. The lowest BCUT2D eigenvalue weighted by atomic mass is 10.1. The van der Waals surface area contributed by atoms with Crippen LogP contribution in [-0.2, 0) is 4.79 Å². The number of carbonyl (C=O) groups excluding carboxylic acids is 1. The van der Waals surface area contributed by atoms with E-state index >= 15 is 0 Å². The molecule has 1 aliphatic heterocycles. The van der Waals surface area contributed by atoms with Crippen LogP contribution < -0.4 is 4.74 Å². The van der Waals surface area contributed by atoms with Gasteiger partial charge >= 0.3 is 0 Å². The summed E-state index contributed by atoms with van der Waals surface area (Å²) in [5.41, 5.74) is 1.49. The summed E-state index contributed by atoms with van der Waals surface area (Å²) >= 11 is 0. The van der Waals surface area contributed by atoms with Crippen molar-refractivity contribution in [2.75, 3.05) is 19.7 Å². The Kier molecular flexibility index (Phi) is 5.41. The number of amides is 1. The SMILES string of the molecule is O=C(COc1cc(F)cc(-c2cccnc2)c1)N1CCCCCC1. The van der Waals surface area contributed by atoms with Gasteiger partial charge in [0.1, 0.15) is 11.6 Å². The monoisotopic (exact) mass is 328 g/mol. The first-order valence-electron chi connectivity index (χ1n) is 8.34. The largest absolute Gasteiger partial charge is 0.484 e. The van der Waals surface area contributed by atoms with Crippen molar-refractivity contribution in [3.63, 3.8) is 0 Å². The highest BCUT2D eigenvalue weighted by Crippen LogP contribution is 2.25. The topological polar surface area (TPSA) is 42.4 Å². The third-order valence-corrected chi connectivity index (χ3v) is 4.19. The van der Waals surface area contributed by atoms with E-state index in [1.54, 1.807) is 24.5 Å². The van der Waals surface area contributed by atoms with Crippen LogP contribution in [0.5, 0.6) is 5.75 Å². The van der Waals surface area contributed by atoms with Gasteiger partial charge in [-0.25, -0.2) is 4.39 Å². The molecule has 1 fully saturated rings. The molecule has 1 saturated heterocycles. The summed E-state index contributed by atoms with van der Waals surface area (Å²) in [5, 5.41) is 0. The first kappa shape index (κ1) is 16.4. The second-order valence-electron chi connectivity index (χ2n) is 6.00. The van der Waals surface area contributed by atoms with Gasteiger partial charge in [-0.05, 0) is 36.6 Å². The molecule has 0 bridgehead atoms. The molecule has 3 rings (SSSR count). The summed E-state index contributed by atoms with van der Waals surface area (Å²) < 4.78 is 19.4. The fourth-order valence-corrected chi connectivity index (χ4v) is 2.90. The van der Waals surface area contributed by atoms with Gasteiger partial charge in [-0.3, -0.25) is 9.78 Å². The van der Waals surface area contributed by atoms with Crippen molar-refractivity contribution in [3.05, 3.63) is 48.5 Å². The average molecular weight is 328 g/mol. The van der Waals surface area contributed by atoms with Crippen molar-refractivity contribution >= 4 is 5.91 Å². The molecule has 0 saturated carbocycles. The number of rotatable bonds is 4. The predicted molar refractivity (Wildman–Crippen MR) is 90.2 cm³/mol. The van der Waals surface area contributed by atoms with E-state index in [9.17, 15) is 9.18 Å². The van der Waals surface area contributed by atoms with E-state index < -0.39 is 5.82 Å². The van der Waals surface area contributed by atoms with Crippen molar-refractivity contribution in [2.45, 2.75) is 25.7 Å². The zero-order valence-electron chi connectivity index (χ0n) is 13.6. The Balaban J connectivity index is 1.66. The number of likely N-dealkylation sites (tertiary alicyclic amines) is 1. The number of pyridine rings is 1. The van der Waals surface area contributed by atoms with Crippen LogP contribution in [0, 0.1) is 5.82 Å². The Bertz CT molecular complexity index is 683. The van der Waals surface area contributed by atoms with Gasteiger partial charge in [0.25, 0.3) is 5.91 Å². The van der Waals surface area contributed by atoms with Crippen LogP contribution in [0.4, 0.5) is 4.39 Å². The van der Waals surface area contributed by atoms with E-state index in [4.69, 9.17) is 4.74 Å². The fraction of sp³-hybridized carbons (Fsp3) is 0.368. The van der Waals surface area contributed by atoms with E-state index in [1.165, 1.54) is 25.0 Å². The van der Waals surface area contributed by atoms with E-state index in [0.29, 0.717) is 11.3 Å². The molecule has 5 heteroatoms. The number of benzene rings is 1. The van der Waals surface area contributed by atoms with E-state index in [1.807, 2.05) is 11.0 Å². The molecule has 126 valence electrons. The third-order valence-electron chi connectivity index (χ3n) is 4.19. The predicted octanol–water partition coefficient (Wildman–Crippen LogP) is 3.67. The lowest BCUT2D eigenvalue weighted by Gasteiger charge is -2.20. The van der Waals surface area contributed by atoms with Gasteiger partial charge in [0.15, 0.2) is 6.61 Å². The minimum Gasteiger partial charge on any atom is -0.484 e. The molecule has 1 amide bonds. The summed E-state index contributed by atoms with van der Waals surface area (Å²) in [7, 11) is 0. The maximum Gasteiger partial charge on any atom is 0.260 e. The van der Waals surface area contributed by atoms with E-state index in [0.717, 1.165) is 31.5 Å². The number of nitrogens with zero attached hydrogens (tertiary/aromatic N) is 2. The molecule has 0 aliphatic carbocycles. The van der Waals surface area contributed by atoms with Gasteiger partial charge in [0.2, 0.25) is 0 Å². The molecular formula is C19H21FN2O2. The number of hydrogen-bond acceptors (Lipinski definition) is 3. The summed E-state index contributed by atoms with van der Waals surface area (Å²) in [5.74, 6) is -0.0744. The molecule has 1 aromatic heterocycles. The highest BCUT2D eigenvalue weighted by molar-refractivity contribution is 5.78. The first-order valence-corrected chi connectivity index (χ1v) is 8.34. The Morgan fingerprint density at radius 3 is 2.62 bits per heavy atom. The number of carbonyl (C=O) groups is 1. The zero-order chi connectivity index (χ0) is 16.8. The second kappa shape index (κ2) is 7.90. The smallest absolute Gasteiger partial charge is 0.260 e. The highest BCUT2D eigenvalue weighted by Gasteiger charge is 2.16. The standard InChI is InChI=1S/C19H21FN2O2/c20-17-10-16(15-6-5-7-21-13-15)11-18(12-17)24-14-19(23)22-8-3-1-2-4-9-22/h5-7,10-13H,1-4,8-9,14H2. The van der Waals surface area contributed by atoms with Crippen molar-refractivity contribution in [3.8, 4) is 16.9 Å². The highest BCUT2D eigenvalue weighted by atomic mass is 19.1. The van der Waals surface area contributed by atoms with E-state index in [2.05, 4.69) is 4.98 Å². The molecule has 2 aromatic rings. The molecule has 1 aliphatic rings. The maximum absolute atomic E-state index is 13.9. The van der Waals surface area contributed by atoms with Crippen LogP contribution in [0.15, 0.2) is 42.7 Å². The zero-order valence-corrected chi connectivity index (χ0v) is 13.6. The molecule has 0 N–H and O–H groups in total. The number of aromatic nitrogens is 1. The van der Waals surface area contributed by atoms with Gasteiger partial charge in [-0.15, -0.1) is 0 Å². The van der Waals surface area contributed by atoms with Crippen LogP contribution in [0.2, 0.25) is 0 Å². The molecule has 0 spiro atoms. The summed E-state index contributed by atoms with van der Waals surface area (Å²) in [6.07, 6.45) is 7.75. The third kappa shape index (κ3) is 4.31. The lowest BCUT2D eigenvalue weighted by molar-refractivity contribution is -0.133. The molecule has 2 heterocycles. The molecule has 0 unspecified atom stereocenters. The quantitative estimate of drug-likeness (QED) is 0.860. The van der Waals surface area contributed by atoms with Crippen LogP contribution in [0.3, 0.4) is 0 Å². The Labute approximate surface area is 141 Å². The molecule has 1 aromatic carbocycles. The number of hydrogen-bond donors (Lipinski definition) is 0. The van der Waals surface area contributed by atoms with Crippen LogP contribution in [-0.4, -0.2) is 35.5 Å². The molecule has 0 atom stereocenters. The molecule has 4 nitrogen and oxygen atoms in total. The van der Waals surface area contributed by atoms with Crippen LogP contribution in [0.1, 0.15) is 25.7 Å². The van der Waals surface area contributed by atoms with Gasteiger partial charge in [0.05, 0.1) is 0 Å². The summed E-state index contributed by atoms with van der Waals surface area (Å²) in [6.45, 7) is 1.51. The first-order chi connectivity index (χ1) is 11.7. The fourth-order valence-electron chi connectivity index (χ4n) is 2.90. The minimum atomic E-state index is -0.395. The Morgan fingerprint density at radius 1 is 1.12 bits per heavy atom. The van der Waals surface area contributed by atoms with Gasteiger partial charge in [-0.1, -0.05) is 18.9 Å². The minimum absolute atomic E-state index is 0.0379. The van der Waals surface area contributed by atoms with Gasteiger partial charge in [-0.2, -0.15) is 0 Å². The Hall–Kier alpha value is -2.43. The van der Waals surface area contributed by atoms with Crippen LogP contribution in [0.25, 0.3) is 11.1 Å². The van der Waals surface area contributed by atoms with Crippen LogP contribution >= 0.6 is 0 Å². The molecule has 0 radical (unpaired) electrons. The summed E-state index contributed by atoms with van der Waals surface area (Å²) in [6, 6.07) is 8.11. The molecule has 24 heavy (non-hydrogen) atoms. The normalized spacial score (nSPS) is 15.0.